The summed E-state index contributed by atoms with van der Waals surface area (Å²) in [4.78, 5) is 5.62. The molecular formula is C16H28N2S. The van der Waals surface area contributed by atoms with Gasteiger partial charge in [-0.25, -0.2) is 0 Å². The Kier molecular flexibility index (Phi) is 5.04. The Morgan fingerprint density at radius 3 is 2.53 bits per heavy atom. The number of thiophene rings is 1. The molecule has 3 heteroatoms. The first-order valence-corrected chi connectivity index (χ1v) is 8.31. The van der Waals surface area contributed by atoms with E-state index in [1.54, 1.807) is 0 Å². The highest BCUT2D eigenvalue weighted by Gasteiger charge is 2.31. The number of hydrogen-bond acceptors (Lipinski definition) is 3. The first-order valence-electron chi connectivity index (χ1n) is 7.50. The Bertz CT molecular complexity index is 397. The Morgan fingerprint density at radius 2 is 2.00 bits per heavy atom. The van der Waals surface area contributed by atoms with Gasteiger partial charge >= 0.3 is 0 Å². The van der Waals surface area contributed by atoms with Gasteiger partial charge in [0.25, 0.3) is 0 Å². The third-order valence-corrected chi connectivity index (χ3v) is 5.20. The topological polar surface area (TPSA) is 15.3 Å². The molecule has 1 saturated heterocycles. The lowest BCUT2D eigenvalue weighted by molar-refractivity contribution is 0.0793. The van der Waals surface area contributed by atoms with Gasteiger partial charge in [0.05, 0.1) is 0 Å². The van der Waals surface area contributed by atoms with Crippen LogP contribution in [0.25, 0.3) is 0 Å². The lowest BCUT2D eigenvalue weighted by Gasteiger charge is -2.43. The molecule has 1 aliphatic rings. The highest BCUT2D eigenvalue weighted by Crippen LogP contribution is 2.23. The summed E-state index contributed by atoms with van der Waals surface area (Å²) in [5.74, 6) is 1.42. The first-order chi connectivity index (χ1) is 8.97. The number of nitrogens with zero attached hydrogens (tertiary/aromatic N) is 1. The van der Waals surface area contributed by atoms with Crippen LogP contribution in [0.2, 0.25) is 0 Å². The molecule has 108 valence electrons. The molecule has 1 aromatic rings. The monoisotopic (exact) mass is 280 g/mol. The van der Waals surface area contributed by atoms with E-state index in [0.29, 0.717) is 23.9 Å². The second-order valence-corrected chi connectivity index (χ2v) is 7.88. The standard InChI is InChI=1S/C16H28N2S/c1-11(2)15-10-18(16(8-17-15)12(3)4)9-14-7-6-13(5)19-14/h6-7,11-12,15-17H,8-10H2,1-5H3. The van der Waals surface area contributed by atoms with Crippen LogP contribution in [0, 0.1) is 18.8 Å². The van der Waals surface area contributed by atoms with E-state index in [4.69, 9.17) is 0 Å². The van der Waals surface area contributed by atoms with Crippen LogP contribution in [0.15, 0.2) is 12.1 Å². The van der Waals surface area contributed by atoms with E-state index in [2.05, 4.69) is 57.0 Å². The first kappa shape index (κ1) is 15.0. The second kappa shape index (κ2) is 6.38. The van der Waals surface area contributed by atoms with Gasteiger partial charge in [0.2, 0.25) is 0 Å². The number of hydrogen-bond donors (Lipinski definition) is 1. The minimum atomic E-state index is 0.635. The quantitative estimate of drug-likeness (QED) is 0.908. The van der Waals surface area contributed by atoms with Gasteiger partial charge in [0.1, 0.15) is 0 Å². The van der Waals surface area contributed by atoms with Crippen LogP contribution in [-0.4, -0.2) is 30.1 Å². The van der Waals surface area contributed by atoms with Gasteiger partial charge in [-0.05, 0) is 30.9 Å². The number of rotatable bonds is 4. The fourth-order valence-corrected chi connectivity index (χ4v) is 3.83. The van der Waals surface area contributed by atoms with Gasteiger partial charge < -0.3 is 5.32 Å². The maximum atomic E-state index is 3.73. The van der Waals surface area contributed by atoms with Crippen LogP contribution in [0.5, 0.6) is 0 Å². The Labute approximate surface area is 122 Å². The third kappa shape index (κ3) is 3.80. The molecule has 0 saturated carbocycles. The fourth-order valence-electron chi connectivity index (χ4n) is 2.91. The van der Waals surface area contributed by atoms with Crippen LogP contribution in [0.1, 0.15) is 37.4 Å². The van der Waals surface area contributed by atoms with E-state index in [1.165, 1.54) is 16.3 Å². The molecule has 2 rings (SSSR count). The molecule has 1 aromatic heterocycles. The lowest BCUT2D eigenvalue weighted by atomic mass is 9.94. The summed E-state index contributed by atoms with van der Waals surface area (Å²) in [5.41, 5.74) is 0. The molecule has 1 fully saturated rings. The zero-order chi connectivity index (χ0) is 14.0. The number of aryl methyl sites for hydroxylation is 1. The lowest BCUT2D eigenvalue weighted by Crippen LogP contribution is -2.59. The molecule has 0 spiro atoms. The molecule has 1 N–H and O–H groups in total. The molecule has 0 amide bonds. The molecule has 19 heavy (non-hydrogen) atoms. The van der Waals surface area contributed by atoms with E-state index in [9.17, 15) is 0 Å². The van der Waals surface area contributed by atoms with Crippen LogP contribution < -0.4 is 5.32 Å². The minimum Gasteiger partial charge on any atom is -0.311 e. The molecule has 0 radical (unpaired) electrons. The number of nitrogens with one attached hydrogen (secondary N) is 1. The maximum absolute atomic E-state index is 3.73. The zero-order valence-electron chi connectivity index (χ0n) is 12.9. The van der Waals surface area contributed by atoms with E-state index < -0.39 is 0 Å². The summed E-state index contributed by atoms with van der Waals surface area (Å²) >= 11 is 1.94. The fraction of sp³-hybridized carbons (Fsp3) is 0.750. The second-order valence-electron chi connectivity index (χ2n) is 6.51. The van der Waals surface area contributed by atoms with E-state index in [1.807, 2.05) is 11.3 Å². The average molecular weight is 280 g/mol. The van der Waals surface area contributed by atoms with Gasteiger partial charge in [0.15, 0.2) is 0 Å². The van der Waals surface area contributed by atoms with Crippen molar-refractivity contribution in [2.24, 2.45) is 11.8 Å². The van der Waals surface area contributed by atoms with Gasteiger partial charge in [-0.1, -0.05) is 27.7 Å². The predicted molar refractivity (Wildman–Crippen MR) is 84.7 cm³/mol. The third-order valence-electron chi connectivity index (χ3n) is 4.22. The van der Waals surface area contributed by atoms with Crippen molar-refractivity contribution in [3.63, 3.8) is 0 Å². The maximum Gasteiger partial charge on any atom is 0.0332 e. The van der Waals surface area contributed by atoms with Crippen LogP contribution >= 0.6 is 11.3 Å². The van der Waals surface area contributed by atoms with Crippen molar-refractivity contribution in [3.05, 3.63) is 21.9 Å². The van der Waals surface area contributed by atoms with Crippen molar-refractivity contribution in [3.8, 4) is 0 Å². The highest BCUT2D eigenvalue weighted by atomic mass is 32.1. The summed E-state index contributed by atoms with van der Waals surface area (Å²) in [5, 5.41) is 3.73. The van der Waals surface area contributed by atoms with Crippen molar-refractivity contribution in [1.82, 2.24) is 10.2 Å². The van der Waals surface area contributed by atoms with Crippen molar-refractivity contribution in [2.45, 2.75) is 53.2 Å². The van der Waals surface area contributed by atoms with Crippen molar-refractivity contribution < 1.29 is 0 Å². The zero-order valence-corrected chi connectivity index (χ0v) is 13.8. The van der Waals surface area contributed by atoms with Crippen LogP contribution in [-0.2, 0) is 6.54 Å². The molecule has 2 nitrogen and oxygen atoms in total. The summed E-state index contributed by atoms with van der Waals surface area (Å²) in [7, 11) is 0. The Balaban J connectivity index is 2.07. The van der Waals surface area contributed by atoms with E-state index >= 15 is 0 Å². The van der Waals surface area contributed by atoms with Gasteiger partial charge in [0, 0.05) is 41.5 Å². The van der Waals surface area contributed by atoms with Crippen LogP contribution in [0.4, 0.5) is 0 Å². The molecule has 0 aliphatic carbocycles. The molecular weight excluding hydrogens is 252 g/mol. The van der Waals surface area contributed by atoms with Crippen molar-refractivity contribution in [2.75, 3.05) is 13.1 Å². The predicted octanol–water partition coefficient (Wildman–Crippen LogP) is 3.51. The largest absolute Gasteiger partial charge is 0.311 e. The van der Waals surface area contributed by atoms with E-state index in [-0.39, 0.29) is 0 Å². The van der Waals surface area contributed by atoms with Gasteiger partial charge in [-0.3, -0.25) is 4.90 Å². The van der Waals surface area contributed by atoms with E-state index in [0.717, 1.165) is 13.1 Å². The smallest absolute Gasteiger partial charge is 0.0332 e. The Hall–Kier alpha value is -0.380. The molecule has 0 bridgehead atoms. The SMILES string of the molecule is Cc1ccc(CN2CC(C(C)C)NCC2C(C)C)s1. The Morgan fingerprint density at radius 1 is 1.26 bits per heavy atom. The molecule has 0 aromatic carbocycles. The summed E-state index contributed by atoms with van der Waals surface area (Å²) in [6.07, 6.45) is 0. The highest BCUT2D eigenvalue weighted by molar-refractivity contribution is 7.11. The molecule has 1 aliphatic heterocycles. The van der Waals surface area contributed by atoms with Gasteiger partial charge in [-0.15, -0.1) is 11.3 Å². The average Bonchev–Trinajstić information content (AvgIpc) is 2.74. The van der Waals surface area contributed by atoms with Crippen molar-refractivity contribution in [1.29, 1.82) is 0 Å². The minimum absolute atomic E-state index is 0.635. The normalized spacial score (nSPS) is 25.4. The summed E-state index contributed by atoms with van der Waals surface area (Å²) in [6.45, 7) is 14.9. The van der Waals surface area contributed by atoms with Gasteiger partial charge in [-0.2, -0.15) is 0 Å². The molecule has 2 atom stereocenters. The molecule has 2 unspecified atom stereocenters. The summed E-state index contributed by atoms with van der Waals surface area (Å²) < 4.78 is 0. The molecule has 2 heterocycles. The summed E-state index contributed by atoms with van der Waals surface area (Å²) in [6, 6.07) is 5.84. The number of piperazine rings is 1. The van der Waals surface area contributed by atoms with Crippen LogP contribution in [0.3, 0.4) is 0 Å². The van der Waals surface area contributed by atoms with Crippen molar-refractivity contribution >= 4 is 11.3 Å².